The van der Waals surface area contributed by atoms with E-state index in [1.54, 1.807) is 0 Å². The molecule has 0 aromatic heterocycles. The third kappa shape index (κ3) is 6.62. The Labute approximate surface area is 131 Å². The van der Waals surface area contributed by atoms with Crippen molar-refractivity contribution in [3.05, 3.63) is 35.4 Å². The topological polar surface area (TPSA) is 15.3 Å². The van der Waals surface area contributed by atoms with Gasteiger partial charge in [0.2, 0.25) is 0 Å². The number of hydrogen-bond donors (Lipinski definition) is 1. The lowest BCUT2D eigenvalue weighted by atomic mass is 9.98. The van der Waals surface area contributed by atoms with Crippen LogP contribution < -0.4 is 5.32 Å². The summed E-state index contributed by atoms with van der Waals surface area (Å²) in [5, 5.41) is 3.88. The summed E-state index contributed by atoms with van der Waals surface area (Å²) in [5.74, 6) is 0.724. The Bertz CT molecular complexity index is 371. The SMILES string of the molecule is CCc1ccc(C(CC)NC(CC(C)C)CN(C)C)cc1. The predicted molar refractivity (Wildman–Crippen MR) is 93.8 cm³/mol. The van der Waals surface area contributed by atoms with Gasteiger partial charge in [0.25, 0.3) is 0 Å². The Morgan fingerprint density at radius 2 is 1.67 bits per heavy atom. The van der Waals surface area contributed by atoms with Crippen LogP contribution in [0.2, 0.25) is 0 Å². The van der Waals surface area contributed by atoms with E-state index in [9.17, 15) is 0 Å². The fourth-order valence-electron chi connectivity index (χ4n) is 2.93. The van der Waals surface area contributed by atoms with Crippen LogP contribution in [0.3, 0.4) is 0 Å². The van der Waals surface area contributed by atoms with Crippen LogP contribution in [0.1, 0.15) is 57.7 Å². The number of hydrogen-bond acceptors (Lipinski definition) is 2. The van der Waals surface area contributed by atoms with Gasteiger partial charge in [0.15, 0.2) is 0 Å². The van der Waals surface area contributed by atoms with Gasteiger partial charge in [-0.05, 0) is 50.4 Å². The summed E-state index contributed by atoms with van der Waals surface area (Å²) in [6, 6.07) is 10.1. The second kappa shape index (κ2) is 9.22. The van der Waals surface area contributed by atoms with E-state index in [-0.39, 0.29) is 0 Å². The van der Waals surface area contributed by atoms with Gasteiger partial charge in [0.1, 0.15) is 0 Å². The molecule has 21 heavy (non-hydrogen) atoms. The van der Waals surface area contributed by atoms with Gasteiger partial charge in [-0.3, -0.25) is 0 Å². The minimum Gasteiger partial charge on any atom is -0.308 e. The molecule has 0 bridgehead atoms. The normalized spacial score (nSPS) is 14.7. The van der Waals surface area contributed by atoms with Crippen molar-refractivity contribution in [3.8, 4) is 0 Å². The van der Waals surface area contributed by atoms with Gasteiger partial charge in [-0.1, -0.05) is 52.0 Å². The Kier molecular flexibility index (Phi) is 7.98. The van der Waals surface area contributed by atoms with E-state index >= 15 is 0 Å². The van der Waals surface area contributed by atoms with Gasteiger partial charge in [0, 0.05) is 18.6 Å². The zero-order valence-corrected chi connectivity index (χ0v) is 14.8. The quantitative estimate of drug-likeness (QED) is 0.731. The van der Waals surface area contributed by atoms with Gasteiger partial charge < -0.3 is 10.2 Å². The minimum absolute atomic E-state index is 0.458. The molecule has 0 saturated heterocycles. The van der Waals surface area contributed by atoms with Crippen LogP contribution in [0.25, 0.3) is 0 Å². The third-order valence-corrected chi connectivity index (χ3v) is 3.98. The highest BCUT2D eigenvalue weighted by Gasteiger charge is 2.17. The van der Waals surface area contributed by atoms with Crippen molar-refractivity contribution in [1.82, 2.24) is 10.2 Å². The molecule has 2 nitrogen and oxygen atoms in total. The van der Waals surface area contributed by atoms with Crippen LogP contribution in [-0.2, 0) is 6.42 Å². The molecule has 1 rings (SSSR count). The molecular formula is C19H34N2. The van der Waals surface area contributed by atoms with Gasteiger partial charge in [0.05, 0.1) is 0 Å². The molecule has 0 heterocycles. The van der Waals surface area contributed by atoms with Crippen LogP contribution in [0, 0.1) is 5.92 Å². The maximum Gasteiger partial charge on any atom is 0.0320 e. The second-order valence-corrected chi connectivity index (χ2v) is 6.81. The lowest BCUT2D eigenvalue weighted by Crippen LogP contribution is -2.41. The number of nitrogens with zero attached hydrogens (tertiary/aromatic N) is 1. The maximum atomic E-state index is 3.88. The van der Waals surface area contributed by atoms with Crippen LogP contribution in [0.15, 0.2) is 24.3 Å². The zero-order chi connectivity index (χ0) is 15.8. The molecule has 0 radical (unpaired) electrons. The summed E-state index contributed by atoms with van der Waals surface area (Å²) in [5.41, 5.74) is 2.84. The van der Waals surface area contributed by atoms with Crippen molar-refractivity contribution >= 4 is 0 Å². The fraction of sp³-hybridized carbons (Fsp3) is 0.684. The number of likely N-dealkylation sites (N-methyl/N-ethyl adjacent to an activating group) is 1. The lowest BCUT2D eigenvalue weighted by molar-refractivity contribution is 0.284. The number of rotatable bonds is 9. The number of benzene rings is 1. The van der Waals surface area contributed by atoms with E-state index < -0.39 is 0 Å². The highest BCUT2D eigenvalue weighted by Crippen LogP contribution is 2.20. The molecule has 120 valence electrons. The molecule has 0 saturated carbocycles. The fourth-order valence-corrected chi connectivity index (χ4v) is 2.93. The Hall–Kier alpha value is -0.860. The van der Waals surface area contributed by atoms with Gasteiger partial charge >= 0.3 is 0 Å². The van der Waals surface area contributed by atoms with E-state index in [2.05, 4.69) is 76.3 Å². The first-order valence-corrected chi connectivity index (χ1v) is 8.45. The molecule has 0 fully saturated rings. The number of nitrogens with one attached hydrogen (secondary N) is 1. The lowest BCUT2D eigenvalue weighted by Gasteiger charge is -2.29. The van der Waals surface area contributed by atoms with Crippen molar-refractivity contribution in [2.45, 2.75) is 59.0 Å². The Morgan fingerprint density at radius 1 is 1.05 bits per heavy atom. The molecule has 2 unspecified atom stereocenters. The van der Waals surface area contributed by atoms with Crippen molar-refractivity contribution in [2.24, 2.45) is 5.92 Å². The first-order chi connectivity index (χ1) is 9.96. The average Bonchev–Trinajstić information content (AvgIpc) is 2.43. The number of aryl methyl sites for hydroxylation is 1. The molecule has 0 amide bonds. The summed E-state index contributed by atoms with van der Waals surface area (Å²) in [7, 11) is 4.32. The molecule has 1 aromatic rings. The Balaban J connectivity index is 2.75. The molecule has 0 aliphatic rings. The first kappa shape index (κ1) is 18.2. The molecule has 0 aliphatic carbocycles. The standard InChI is InChI=1S/C19H34N2/c1-7-16-9-11-17(12-10-16)19(8-2)20-18(13-15(3)4)14-21(5)6/h9-12,15,18-20H,7-8,13-14H2,1-6H3. The van der Waals surface area contributed by atoms with Crippen molar-refractivity contribution in [2.75, 3.05) is 20.6 Å². The molecule has 2 heteroatoms. The molecule has 1 N–H and O–H groups in total. The van der Waals surface area contributed by atoms with Gasteiger partial charge in [-0.2, -0.15) is 0 Å². The maximum absolute atomic E-state index is 3.88. The minimum atomic E-state index is 0.458. The molecule has 0 aliphatic heterocycles. The van der Waals surface area contributed by atoms with E-state index in [1.807, 2.05) is 0 Å². The van der Waals surface area contributed by atoms with Gasteiger partial charge in [-0.15, -0.1) is 0 Å². The van der Waals surface area contributed by atoms with Crippen molar-refractivity contribution in [3.63, 3.8) is 0 Å². The average molecular weight is 290 g/mol. The van der Waals surface area contributed by atoms with Crippen LogP contribution in [-0.4, -0.2) is 31.6 Å². The van der Waals surface area contributed by atoms with Crippen molar-refractivity contribution < 1.29 is 0 Å². The molecule has 1 aromatic carbocycles. The predicted octanol–water partition coefficient (Wildman–Crippen LogP) is 4.27. The summed E-state index contributed by atoms with van der Waals surface area (Å²) in [6.07, 6.45) is 3.47. The molecular weight excluding hydrogens is 256 g/mol. The van der Waals surface area contributed by atoms with E-state index in [4.69, 9.17) is 0 Å². The smallest absolute Gasteiger partial charge is 0.0320 e. The molecule has 2 atom stereocenters. The largest absolute Gasteiger partial charge is 0.308 e. The van der Waals surface area contributed by atoms with Crippen LogP contribution in [0.5, 0.6) is 0 Å². The monoisotopic (exact) mass is 290 g/mol. The summed E-state index contributed by atoms with van der Waals surface area (Å²) in [4.78, 5) is 2.28. The first-order valence-electron chi connectivity index (χ1n) is 8.45. The highest BCUT2D eigenvalue weighted by atomic mass is 15.1. The summed E-state index contributed by atoms with van der Waals surface area (Å²) >= 11 is 0. The van der Waals surface area contributed by atoms with Crippen LogP contribution >= 0.6 is 0 Å². The second-order valence-electron chi connectivity index (χ2n) is 6.81. The van der Waals surface area contributed by atoms with Gasteiger partial charge in [-0.25, -0.2) is 0 Å². The highest BCUT2D eigenvalue weighted by molar-refractivity contribution is 5.25. The summed E-state index contributed by atoms with van der Waals surface area (Å²) in [6.45, 7) is 10.2. The third-order valence-electron chi connectivity index (χ3n) is 3.98. The Morgan fingerprint density at radius 3 is 2.10 bits per heavy atom. The van der Waals surface area contributed by atoms with Crippen LogP contribution in [0.4, 0.5) is 0 Å². The van der Waals surface area contributed by atoms with E-state index in [0.29, 0.717) is 12.1 Å². The van der Waals surface area contributed by atoms with E-state index in [1.165, 1.54) is 17.5 Å². The van der Waals surface area contributed by atoms with E-state index in [0.717, 1.165) is 25.3 Å². The molecule has 0 spiro atoms. The summed E-state index contributed by atoms with van der Waals surface area (Å²) < 4.78 is 0. The van der Waals surface area contributed by atoms with Crippen molar-refractivity contribution in [1.29, 1.82) is 0 Å². The zero-order valence-electron chi connectivity index (χ0n) is 14.8.